The van der Waals surface area contributed by atoms with E-state index in [0.717, 1.165) is 44.6 Å². The van der Waals surface area contributed by atoms with Crippen molar-refractivity contribution in [1.29, 1.82) is 0 Å². The number of fused-ring (bicyclic) bond motifs is 1. The molecule has 6 nitrogen and oxygen atoms in total. The van der Waals surface area contributed by atoms with Gasteiger partial charge in [0.15, 0.2) is 0 Å². The number of carbonyl (C=O) groups excluding carboxylic acids is 2. The lowest BCUT2D eigenvalue weighted by molar-refractivity contribution is -0.134. The van der Waals surface area contributed by atoms with Crippen LogP contribution < -0.4 is 16.0 Å². The molecule has 0 aromatic heterocycles. The van der Waals surface area contributed by atoms with Crippen molar-refractivity contribution in [3.63, 3.8) is 0 Å². The Kier molecular flexibility index (Phi) is 6.72. The second-order valence-electron chi connectivity index (χ2n) is 8.12. The van der Waals surface area contributed by atoms with Gasteiger partial charge in [0.2, 0.25) is 5.91 Å². The van der Waals surface area contributed by atoms with Crippen LogP contribution in [0.3, 0.4) is 0 Å². The summed E-state index contributed by atoms with van der Waals surface area (Å²) < 4.78 is 0. The minimum absolute atomic E-state index is 0.0457. The van der Waals surface area contributed by atoms with Gasteiger partial charge in [0.05, 0.1) is 0 Å². The molecule has 3 rings (SSSR count). The van der Waals surface area contributed by atoms with E-state index < -0.39 is 6.04 Å². The van der Waals surface area contributed by atoms with Crippen LogP contribution in [0.4, 0.5) is 4.79 Å². The van der Waals surface area contributed by atoms with Crippen LogP contribution in [0, 0.1) is 17.8 Å². The fourth-order valence-electron chi connectivity index (χ4n) is 4.12. The summed E-state index contributed by atoms with van der Waals surface area (Å²) in [5.74, 6) is 1.46. The molecule has 148 valence electrons. The van der Waals surface area contributed by atoms with E-state index in [1.807, 2.05) is 49.1 Å². The van der Waals surface area contributed by atoms with Gasteiger partial charge in [0, 0.05) is 19.6 Å². The van der Waals surface area contributed by atoms with Crippen LogP contribution in [-0.2, 0) is 11.3 Å². The minimum Gasteiger partial charge on any atom is -0.341 e. The van der Waals surface area contributed by atoms with Gasteiger partial charge in [-0.3, -0.25) is 4.79 Å². The number of amides is 3. The molecule has 3 N–H and O–H groups in total. The quantitative estimate of drug-likeness (QED) is 0.740. The van der Waals surface area contributed by atoms with Crippen LogP contribution in [0.1, 0.15) is 32.3 Å². The normalized spacial score (nSPS) is 23.4. The first kappa shape index (κ1) is 19.7. The number of rotatable bonds is 5. The van der Waals surface area contributed by atoms with Crippen LogP contribution in [0.15, 0.2) is 30.3 Å². The molecule has 3 amide bonds. The maximum atomic E-state index is 13.1. The van der Waals surface area contributed by atoms with E-state index in [1.165, 1.54) is 0 Å². The van der Waals surface area contributed by atoms with Gasteiger partial charge < -0.3 is 20.9 Å². The molecule has 1 aromatic carbocycles. The SMILES string of the molecule is CC(C)C(NC(=O)NCc1ccccc1)C(=O)N1CC[C@@H]2CNC[C@@H]2CC1. The molecule has 0 saturated carbocycles. The molecule has 1 unspecified atom stereocenters. The van der Waals surface area contributed by atoms with Crippen LogP contribution >= 0.6 is 0 Å². The van der Waals surface area contributed by atoms with Crippen molar-refractivity contribution >= 4 is 11.9 Å². The summed E-state index contributed by atoms with van der Waals surface area (Å²) in [6.45, 7) is 8.14. The molecule has 3 atom stereocenters. The van der Waals surface area contributed by atoms with E-state index in [0.29, 0.717) is 18.4 Å². The molecule has 27 heavy (non-hydrogen) atoms. The summed E-state index contributed by atoms with van der Waals surface area (Å²) in [6, 6.07) is 8.99. The molecular weight excluding hydrogens is 340 g/mol. The third-order valence-electron chi connectivity index (χ3n) is 5.85. The fraction of sp³-hybridized carbons (Fsp3) is 0.619. The van der Waals surface area contributed by atoms with Crippen LogP contribution in [0.5, 0.6) is 0 Å². The van der Waals surface area contributed by atoms with Crippen LogP contribution in [-0.4, -0.2) is 49.1 Å². The van der Waals surface area contributed by atoms with Gasteiger partial charge >= 0.3 is 6.03 Å². The zero-order valence-corrected chi connectivity index (χ0v) is 16.4. The molecule has 0 radical (unpaired) electrons. The Morgan fingerprint density at radius 1 is 1.11 bits per heavy atom. The van der Waals surface area contributed by atoms with Crippen molar-refractivity contribution in [3.8, 4) is 0 Å². The molecule has 6 heteroatoms. The lowest BCUT2D eigenvalue weighted by Crippen LogP contribution is -2.53. The molecule has 0 spiro atoms. The van der Waals surface area contributed by atoms with Crippen molar-refractivity contribution in [2.45, 2.75) is 39.3 Å². The van der Waals surface area contributed by atoms with E-state index in [-0.39, 0.29) is 17.9 Å². The highest BCUT2D eigenvalue weighted by Gasteiger charge is 2.34. The lowest BCUT2D eigenvalue weighted by atomic mass is 9.92. The molecule has 2 aliphatic rings. The Hall–Kier alpha value is -2.08. The van der Waals surface area contributed by atoms with Crippen molar-refractivity contribution in [3.05, 3.63) is 35.9 Å². The summed E-state index contributed by atoms with van der Waals surface area (Å²) in [5.41, 5.74) is 1.03. The van der Waals surface area contributed by atoms with Gasteiger partial charge in [0.1, 0.15) is 6.04 Å². The number of urea groups is 1. The van der Waals surface area contributed by atoms with E-state index >= 15 is 0 Å². The Bertz CT molecular complexity index is 620. The predicted molar refractivity (Wildman–Crippen MR) is 106 cm³/mol. The van der Waals surface area contributed by atoms with Gasteiger partial charge in [-0.25, -0.2) is 4.79 Å². The molecule has 2 fully saturated rings. The maximum Gasteiger partial charge on any atom is 0.315 e. The van der Waals surface area contributed by atoms with Gasteiger partial charge in [-0.05, 0) is 49.2 Å². The number of hydrogen-bond acceptors (Lipinski definition) is 3. The standard InChI is InChI=1S/C21H32N4O2/c1-15(2)19(24-21(27)23-12-16-6-4-3-5-7-16)20(26)25-10-8-17-13-22-14-18(17)9-11-25/h3-7,15,17-19,22H,8-14H2,1-2H3,(H2,23,24,27)/t17-,18+,19?. The summed E-state index contributed by atoms with van der Waals surface area (Å²) >= 11 is 0. The number of nitrogens with one attached hydrogen (secondary N) is 3. The topological polar surface area (TPSA) is 73.5 Å². The van der Waals surface area contributed by atoms with E-state index in [9.17, 15) is 9.59 Å². The number of carbonyl (C=O) groups is 2. The third kappa shape index (κ3) is 5.22. The monoisotopic (exact) mass is 372 g/mol. The Morgan fingerprint density at radius 2 is 1.74 bits per heavy atom. The van der Waals surface area contributed by atoms with Gasteiger partial charge in [-0.15, -0.1) is 0 Å². The zero-order valence-electron chi connectivity index (χ0n) is 16.4. The lowest BCUT2D eigenvalue weighted by Gasteiger charge is -2.29. The Morgan fingerprint density at radius 3 is 2.33 bits per heavy atom. The first-order chi connectivity index (χ1) is 13.0. The van der Waals surface area contributed by atoms with Crippen molar-refractivity contribution < 1.29 is 9.59 Å². The third-order valence-corrected chi connectivity index (χ3v) is 5.85. The van der Waals surface area contributed by atoms with Crippen molar-refractivity contribution in [1.82, 2.24) is 20.9 Å². The van der Waals surface area contributed by atoms with E-state index in [4.69, 9.17) is 0 Å². The summed E-state index contributed by atoms with van der Waals surface area (Å²) in [4.78, 5) is 27.4. The van der Waals surface area contributed by atoms with Crippen LogP contribution in [0.2, 0.25) is 0 Å². The molecule has 1 aromatic rings. The first-order valence-electron chi connectivity index (χ1n) is 10.1. The van der Waals surface area contributed by atoms with Crippen LogP contribution in [0.25, 0.3) is 0 Å². The molecule has 0 aliphatic carbocycles. The van der Waals surface area contributed by atoms with Gasteiger partial charge in [0.25, 0.3) is 0 Å². The Labute approximate surface area is 162 Å². The minimum atomic E-state index is -0.489. The highest BCUT2D eigenvalue weighted by molar-refractivity contribution is 5.87. The smallest absolute Gasteiger partial charge is 0.315 e. The average molecular weight is 373 g/mol. The molecule has 2 saturated heterocycles. The predicted octanol–water partition coefficient (Wildman–Crippen LogP) is 1.97. The number of benzene rings is 1. The number of hydrogen-bond donors (Lipinski definition) is 3. The highest BCUT2D eigenvalue weighted by Crippen LogP contribution is 2.27. The summed E-state index contributed by atoms with van der Waals surface area (Å²) in [7, 11) is 0. The Balaban J connectivity index is 1.54. The van der Waals surface area contributed by atoms with E-state index in [2.05, 4.69) is 16.0 Å². The molecule has 2 heterocycles. The van der Waals surface area contributed by atoms with Crippen molar-refractivity contribution in [2.24, 2.45) is 17.8 Å². The second kappa shape index (κ2) is 9.22. The number of likely N-dealkylation sites (tertiary alicyclic amines) is 1. The summed E-state index contributed by atoms with van der Waals surface area (Å²) in [6.07, 6.45) is 2.10. The molecular formula is C21H32N4O2. The maximum absolute atomic E-state index is 13.1. The van der Waals surface area contributed by atoms with Crippen molar-refractivity contribution in [2.75, 3.05) is 26.2 Å². The van der Waals surface area contributed by atoms with E-state index in [1.54, 1.807) is 0 Å². The highest BCUT2D eigenvalue weighted by atomic mass is 16.2. The van der Waals surface area contributed by atoms with Gasteiger partial charge in [-0.1, -0.05) is 44.2 Å². The largest absolute Gasteiger partial charge is 0.341 e. The number of nitrogens with zero attached hydrogens (tertiary/aromatic N) is 1. The second-order valence-corrected chi connectivity index (χ2v) is 8.12. The zero-order chi connectivity index (χ0) is 19.2. The first-order valence-corrected chi connectivity index (χ1v) is 10.1. The van der Waals surface area contributed by atoms with Gasteiger partial charge in [-0.2, -0.15) is 0 Å². The molecule has 2 aliphatic heterocycles. The average Bonchev–Trinajstić information content (AvgIpc) is 3.03. The summed E-state index contributed by atoms with van der Waals surface area (Å²) in [5, 5.41) is 9.22. The molecule has 0 bridgehead atoms. The fourth-order valence-corrected chi connectivity index (χ4v) is 4.12.